The van der Waals surface area contributed by atoms with Crippen molar-refractivity contribution < 1.29 is 4.79 Å². The van der Waals surface area contributed by atoms with Crippen LogP contribution in [-0.2, 0) is 13.1 Å². The molecule has 1 fully saturated rings. The fourth-order valence-corrected chi connectivity index (χ4v) is 4.01. The van der Waals surface area contributed by atoms with Crippen molar-refractivity contribution in [2.45, 2.75) is 45.7 Å². The molecule has 1 saturated carbocycles. The average molecular weight is 353 g/mol. The Bertz CT molecular complexity index is 749. The number of benzene rings is 1. The first-order chi connectivity index (χ1) is 12.7. The van der Waals surface area contributed by atoms with Gasteiger partial charge in [0, 0.05) is 25.2 Å². The molecule has 1 aromatic heterocycles. The van der Waals surface area contributed by atoms with Gasteiger partial charge in [0.15, 0.2) is 11.6 Å². The molecule has 0 unspecified atom stereocenters. The third-order valence-electron chi connectivity index (χ3n) is 5.75. The van der Waals surface area contributed by atoms with E-state index in [2.05, 4.69) is 27.0 Å². The smallest absolute Gasteiger partial charge is 0.317 e. The first-order valence-corrected chi connectivity index (χ1v) is 9.71. The van der Waals surface area contributed by atoms with Gasteiger partial charge < -0.3 is 14.8 Å². The second-order valence-corrected chi connectivity index (χ2v) is 7.69. The summed E-state index contributed by atoms with van der Waals surface area (Å²) in [6.07, 6.45) is 5.04. The van der Waals surface area contributed by atoms with Gasteiger partial charge in [-0.3, -0.25) is 0 Å². The molecule has 1 aliphatic heterocycles. The Morgan fingerprint density at radius 3 is 2.65 bits per heavy atom. The van der Waals surface area contributed by atoms with E-state index < -0.39 is 0 Å². The van der Waals surface area contributed by atoms with Crippen molar-refractivity contribution in [3.63, 3.8) is 0 Å². The number of carbonyl (C=O) groups is 1. The van der Waals surface area contributed by atoms with Crippen molar-refractivity contribution in [2.24, 2.45) is 11.8 Å². The van der Waals surface area contributed by atoms with Crippen LogP contribution in [0.1, 0.15) is 38.4 Å². The first-order valence-electron chi connectivity index (χ1n) is 9.71. The predicted molar refractivity (Wildman–Crippen MR) is 100 cm³/mol. The van der Waals surface area contributed by atoms with Crippen molar-refractivity contribution in [1.29, 1.82) is 0 Å². The number of carbonyl (C=O) groups excluding carboxylic acids is 1. The second kappa shape index (κ2) is 7.48. The van der Waals surface area contributed by atoms with Gasteiger partial charge >= 0.3 is 6.03 Å². The summed E-state index contributed by atoms with van der Waals surface area (Å²) in [5.41, 5.74) is 1.07. The van der Waals surface area contributed by atoms with Gasteiger partial charge in [-0.1, -0.05) is 50.1 Å². The maximum Gasteiger partial charge on any atom is 0.317 e. The number of urea groups is 1. The van der Waals surface area contributed by atoms with Crippen LogP contribution in [0.25, 0.3) is 11.4 Å². The molecule has 2 amide bonds. The summed E-state index contributed by atoms with van der Waals surface area (Å²) < 4.78 is 2.13. The molecule has 2 aromatic rings. The molecule has 0 saturated heterocycles. The Hall–Kier alpha value is -2.37. The van der Waals surface area contributed by atoms with Gasteiger partial charge in [-0.25, -0.2) is 4.79 Å². The molecule has 138 valence electrons. The summed E-state index contributed by atoms with van der Waals surface area (Å²) >= 11 is 0. The fourth-order valence-electron chi connectivity index (χ4n) is 4.01. The highest BCUT2D eigenvalue weighted by Gasteiger charge is 2.26. The Labute approximate surface area is 154 Å². The maximum absolute atomic E-state index is 12.5. The van der Waals surface area contributed by atoms with E-state index >= 15 is 0 Å². The van der Waals surface area contributed by atoms with E-state index in [0.717, 1.165) is 36.2 Å². The quantitative estimate of drug-likeness (QED) is 0.921. The van der Waals surface area contributed by atoms with Gasteiger partial charge in [0.25, 0.3) is 0 Å². The van der Waals surface area contributed by atoms with Crippen molar-refractivity contribution in [3.8, 4) is 11.4 Å². The van der Waals surface area contributed by atoms with Crippen LogP contribution >= 0.6 is 0 Å². The Balaban J connectivity index is 1.35. The van der Waals surface area contributed by atoms with E-state index in [1.165, 1.54) is 25.7 Å². The summed E-state index contributed by atoms with van der Waals surface area (Å²) in [5.74, 6) is 3.22. The van der Waals surface area contributed by atoms with E-state index in [4.69, 9.17) is 0 Å². The SMILES string of the molecule is CC1CCC(CNC(=O)N2CCn3c(nnc3-c3ccccc3)C2)CC1. The van der Waals surface area contributed by atoms with Crippen LogP contribution < -0.4 is 5.32 Å². The topological polar surface area (TPSA) is 63.1 Å². The standard InChI is InChI=1S/C20H27N5O/c1-15-7-9-16(10-8-15)13-21-20(26)24-11-12-25-18(14-24)22-23-19(25)17-5-3-2-4-6-17/h2-6,15-16H,7-14H2,1H3,(H,21,26). The summed E-state index contributed by atoms with van der Waals surface area (Å²) in [5, 5.41) is 11.8. The molecule has 1 aliphatic carbocycles. The molecule has 2 aliphatic rings. The van der Waals surface area contributed by atoms with Gasteiger partial charge in [-0.05, 0) is 24.7 Å². The van der Waals surface area contributed by atoms with E-state index in [1.807, 2.05) is 35.2 Å². The molecular formula is C20H27N5O. The lowest BCUT2D eigenvalue weighted by atomic mass is 9.83. The van der Waals surface area contributed by atoms with Crippen LogP contribution in [0.4, 0.5) is 4.79 Å². The molecule has 0 radical (unpaired) electrons. The Morgan fingerprint density at radius 1 is 1.12 bits per heavy atom. The zero-order valence-corrected chi connectivity index (χ0v) is 15.4. The van der Waals surface area contributed by atoms with Crippen molar-refractivity contribution in [2.75, 3.05) is 13.1 Å². The van der Waals surface area contributed by atoms with Crippen LogP contribution in [0.2, 0.25) is 0 Å². The van der Waals surface area contributed by atoms with Gasteiger partial charge in [-0.2, -0.15) is 0 Å². The van der Waals surface area contributed by atoms with Crippen LogP contribution in [0.3, 0.4) is 0 Å². The normalized spacial score (nSPS) is 22.7. The highest BCUT2D eigenvalue weighted by Crippen LogP contribution is 2.27. The average Bonchev–Trinajstić information content (AvgIpc) is 3.11. The number of rotatable bonds is 3. The van der Waals surface area contributed by atoms with E-state index in [-0.39, 0.29) is 6.03 Å². The molecule has 6 nitrogen and oxygen atoms in total. The fraction of sp³-hybridized carbons (Fsp3) is 0.550. The van der Waals surface area contributed by atoms with E-state index in [0.29, 0.717) is 19.0 Å². The number of amides is 2. The summed E-state index contributed by atoms with van der Waals surface area (Å²) in [7, 11) is 0. The third-order valence-corrected chi connectivity index (χ3v) is 5.75. The lowest BCUT2D eigenvalue weighted by Crippen LogP contribution is -2.45. The first kappa shape index (κ1) is 17.1. The monoisotopic (exact) mass is 353 g/mol. The van der Waals surface area contributed by atoms with Gasteiger partial charge in [0.05, 0.1) is 6.54 Å². The Kier molecular flexibility index (Phi) is 4.91. The predicted octanol–water partition coefficient (Wildman–Crippen LogP) is 3.30. The highest BCUT2D eigenvalue weighted by atomic mass is 16.2. The molecule has 4 rings (SSSR count). The van der Waals surface area contributed by atoms with Gasteiger partial charge in [0.1, 0.15) is 0 Å². The molecule has 6 heteroatoms. The molecule has 0 atom stereocenters. The zero-order chi connectivity index (χ0) is 17.9. The van der Waals surface area contributed by atoms with E-state index in [1.54, 1.807) is 0 Å². The maximum atomic E-state index is 12.5. The van der Waals surface area contributed by atoms with Gasteiger partial charge in [-0.15, -0.1) is 10.2 Å². The molecule has 0 bridgehead atoms. The molecule has 1 aromatic carbocycles. The van der Waals surface area contributed by atoms with Crippen molar-refractivity contribution >= 4 is 6.03 Å². The number of hydrogen-bond acceptors (Lipinski definition) is 3. The molecule has 2 heterocycles. The minimum atomic E-state index is 0.0270. The minimum Gasteiger partial charge on any atom is -0.338 e. The molecule has 0 spiro atoms. The molecular weight excluding hydrogens is 326 g/mol. The second-order valence-electron chi connectivity index (χ2n) is 7.69. The van der Waals surface area contributed by atoms with Gasteiger partial charge in [0.2, 0.25) is 0 Å². The molecule has 26 heavy (non-hydrogen) atoms. The number of nitrogens with one attached hydrogen (secondary N) is 1. The highest BCUT2D eigenvalue weighted by molar-refractivity contribution is 5.74. The van der Waals surface area contributed by atoms with Crippen LogP contribution in [0.5, 0.6) is 0 Å². The molecule has 1 N–H and O–H groups in total. The zero-order valence-electron chi connectivity index (χ0n) is 15.4. The Morgan fingerprint density at radius 2 is 1.88 bits per heavy atom. The number of hydrogen-bond donors (Lipinski definition) is 1. The van der Waals surface area contributed by atoms with Crippen molar-refractivity contribution in [3.05, 3.63) is 36.2 Å². The summed E-state index contributed by atoms with van der Waals surface area (Å²) in [6, 6.07) is 10.1. The summed E-state index contributed by atoms with van der Waals surface area (Å²) in [6.45, 7) is 5.07. The third kappa shape index (κ3) is 3.59. The van der Waals surface area contributed by atoms with Crippen LogP contribution in [0, 0.1) is 11.8 Å². The largest absolute Gasteiger partial charge is 0.338 e. The lowest BCUT2D eigenvalue weighted by molar-refractivity contribution is 0.178. The minimum absolute atomic E-state index is 0.0270. The van der Waals surface area contributed by atoms with E-state index in [9.17, 15) is 4.79 Å². The van der Waals surface area contributed by atoms with Crippen molar-refractivity contribution in [1.82, 2.24) is 25.0 Å². The number of fused-ring (bicyclic) bond motifs is 1. The van der Waals surface area contributed by atoms with Crippen LogP contribution in [-0.4, -0.2) is 38.8 Å². The summed E-state index contributed by atoms with van der Waals surface area (Å²) in [4.78, 5) is 14.4. The number of nitrogens with zero attached hydrogens (tertiary/aromatic N) is 4. The lowest BCUT2D eigenvalue weighted by Gasteiger charge is -2.30. The van der Waals surface area contributed by atoms with Crippen LogP contribution in [0.15, 0.2) is 30.3 Å². The number of aromatic nitrogens is 3.